The molecular formula is C16H14BrNO3. The van der Waals surface area contributed by atoms with Crippen molar-refractivity contribution in [2.24, 2.45) is 0 Å². The van der Waals surface area contributed by atoms with Crippen LogP contribution in [0.25, 0.3) is 0 Å². The minimum atomic E-state index is -0.409. The summed E-state index contributed by atoms with van der Waals surface area (Å²) in [4.78, 5) is 12.1. The number of halogens is 1. The van der Waals surface area contributed by atoms with Gasteiger partial charge in [-0.2, -0.15) is 0 Å². The Bertz CT molecular complexity index is 662. The van der Waals surface area contributed by atoms with E-state index in [1.54, 1.807) is 18.2 Å². The van der Waals surface area contributed by atoms with Crippen LogP contribution in [0.2, 0.25) is 0 Å². The number of nitrogens with two attached hydrogens (primary N) is 1. The van der Waals surface area contributed by atoms with Gasteiger partial charge in [-0.25, -0.2) is 4.79 Å². The first-order chi connectivity index (χ1) is 10.1. The predicted molar refractivity (Wildman–Crippen MR) is 83.4 cm³/mol. The Hall–Kier alpha value is -2.01. The zero-order valence-corrected chi connectivity index (χ0v) is 12.8. The second-order valence-corrected chi connectivity index (χ2v) is 5.74. The molecule has 0 fully saturated rings. The average molecular weight is 348 g/mol. The molecule has 0 aliphatic carbocycles. The van der Waals surface area contributed by atoms with Crippen LogP contribution in [-0.2, 0) is 11.2 Å². The summed E-state index contributed by atoms with van der Waals surface area (Å²) in [5.41, 5.74) is 7.77. The van der Waals surface area contributed by atoms with E-state index in [-0.39, 0.29) is 12.7 Å². The summed E-state index contributed by atoms with van der Waals surface area (Å²) in [5, 5.41) is 0. The SMILES string of the molecule is Nc1ccc(Br)c(C(=O)OCC2Cc3ccccc3O2)c1. The molecule has 3 rings (SSSR count). The number of esters is 1. The lowest BCUT2D eigenvalue weighted by Gasteiger charge is -2.12. The monoisotopic (exact) mass is 347 g/mol. The van der Waals surface area contributed by atoms with Crippen molar-refractivity contribution in [3.05, 3.63) is 58.1 Å². The van der Waals surface area contributed by atoms with Crippen LogP contribution >= 0.6 is 15.9 Å². The maximum atomic E-state index is 12.1. The molecule has 0 radical (unpaired) electrons. The Morgan fingerprint density at radius 3 is 2.95 bits per heavy atom. The van der Waals surface area contributed by atoms with E-state index in [1.807, 2.05) is 24.3 Å². The molecule has 0 saturated heterocycles. The number of nitrogen functional groups attached to an aromatic ring is 1. The van der Waals surface area contributed by atoms with Crippen molar-refractivity contribution in [3.8, 4) is 5.75 Å². The van der Waals surface area contributed by atoms with Gasteiger partial charge < -0.3 is 15.2 Å². The molecule has 1 unspecified atom stereocenters. The number of benzene rings is 2. The molecule has 0 aromatic heterocycles. The van der Waals surface area contributed by atoms with Crippen LogP contribution in [0.5, 0.6) is 5.75 Å². The minimum absolute atomic E-state index is 0.133. The highest BCUT2D eigenvalue weighted by molar-refractivity contribution is 9.10. The molecule has 1 aliphatic heterocycles. The van der Waals surface area contributed by atoms with Gasteiger partial charge in [-0.3, -0.25) is 0 Å². The molecule has 2 aromatic carbocycles. The maximum absolute atomic E-state index is 12.1. The van der Waals surface area contributed by atoms with Crippen LogP contribution in [0.3, 0.4) is 0 Å². The normalized spacial score (nSPS) is 16.1. The van der Waals surface area contributed by atoms with Gasteiger partial charge in [-0.1, -0.05) is 18.2 Å². The fraction of sp³-hybridized carbons (Fsp3) is 0.188. The Morgan fingerprint density at radius 2 is 2.14 bits per heavy atom. The van der Waals surface area contributed by atoms with Crippen molar-refractivity contribution in [1.29, 1.82) is 0 Å². The molecule has 4 nitrogen and oxygen atoms in total. The number of para-hydroxylation sites is 1. The lowest BCUT2D eigenvalue weighted by atomic mass is 10.1. The third kappa shape index (κ3) is 3.03. The second kappa shape index (κ2) is 5.77. The van der Waals surface area contributed by atoms with Crippen molar-refractivity contribution in [2.45, 2.75) is 12.5 Å². The number of fused-ring (bicyclic) bond motifs is 1. The van der Waals surface area contributed by atoms with Gasteiger partial charge in [0.1, 0.15) is 18.5 Å². The number of anilines is 1. The summed E-state index contributed by atoms with van der Waals surface area (Å²) in [5.74, 6) is 0.456. The molecule has 108 valence electrons. The Kier molecular flexibility index (Phi) is 3.84. The topological polar surface area (TPSA) is 61.6 Å². The zero-order chi connectivity index (χ0) is 14.8. The highest BCUT2D eigenvalue weighted by Gasteiger charge is 2.24. The lowest BCUT2D eigenvalue weighted by Crippen LogP contribution is -2.23. The van der Waals surface area contributed by atoms with Gasteiger partial charge in [-0.15, -0.1) is 0 Å². The number of hydrogen-bond donors (Lipinski definition) is 1. The molecule has 0 saturated carbocycles. The van der Waals surface area contributed by atoms with E-state index in [1.165, 1.54) is 0 Å². The fourth-order valence-electron chi connectivity index (χ4n) is 2.29. The van der Waals surface area contributed by atoms with Crippen LogP contribution < -0.4 is 10.5 Å². The van der Waals surface area contributed by atoms with Crippen LogP contribution in [0, 0.1) is 0 Å². The molecule has 5 heteroatoms. The predicted octanol–water partition coefficient (Wildman–Crippen LogP) is 3.19. The second-order valence-electron chi connectivity index (χ2n) is 4.89. The number of rotatable bonds is 3. The first-order valence-electron chi connectivity index (χ1n) is 6.60. The number of ether oxygens (including phenoxy) is 2. The Labute approximate surface area is 131 Å². The van der Waals surface area contributed by atoms with Gasteiger partial charge in [0.15, 0.2) is 0 Å². The molecule has 2 aromatic rings. The van der Waals surface area contributed by atoms with Crippen molar-refractivity contribution < 1.29 is 14.3 Å². The van der Waals surface area contributed by atoms with E-state index in [0.29, 0.717) is 15.7 Å². The molecule has 1 heterocycles. The number of hydrogen-bond acceptors (Lipinski definition) is 4. The first kappa shape index (κ1) is 13.9. The highest BCUT2D eigenvalue weighted by Crippen LogP contribution is 2.28. The summed E-state index contributed by atoms with van der Waals surface area (Å²) in [6.07, 6.45) is 0.618. The van der Waals surface area contributed by atoms with Crippen LogP contribution in [0.1, 0.15) is 15.9 Å². The van der Waals surface area contributed by atoms with Crippen LogP contribution in [0.4, 0.5) is 5.69 Å². The lowest BCUT2D eigenvalue weighted by molar-refractivity contribution is 0.0346. The van der Waals surface area contributed by atoms with E-state index < -0.39 is 5.97 Å². The third-order valence-corrected chi connectivity index (χ3v) is 4.02. The van der Waals surface area contributed by atoms with Crippen molar-refractivity contribution in [3.63, 3.8) is 0 Å². The molecule has 1 aliphatic rings. The van der Waals surface area contributed by atoms with Gasteiger partial charge in [0.25, 0.3) is 0 Å². The fourth-order valence-corrected chi connectivity index (χ4v) is 2.70. The van der Waals surface area contributed by atoms with E-state index in [9.17, 15) is 4.79 Å². The molecule has 1 atom stereocenters. The van der Waals surface area contributed by atoms with Crippen LogP contribution in [0.15, 0.2) is 46.9 Å². The van der Waals surface area contributed by atoms with Gasteiger partial charge in [0, 0.05) is 16.6 Å². The largest absolute Gasteiger partial charge is 0.486 e. The van der Waals surface area contributed by atoms with Crippen LogP contribution in [-0.4, -0.2) is 18.7 Å². The summed E-state index contributed by atoms with van der Waals surface area (Å²) >= 11 is 3.32. The Balaban J connectivity index is 1.61. The minimum Gasteiger partial charge on any atom is -0.486 e. The summed E-state index contributed by atoms with van der Waals surface area (Å²) < 4.78 is 11.7. The van der Waals surface area contributed by atoms with Crippen molar-refractivity contribution >= 4 is 27.6 Å². The van der Waals surface area contributed by atoms with Gasteiger partial charge in [0.2, 0.25) is 0 Å². The molecule has 0 bridgehead atoms. The van der Waals surface area contributed by atoms with Gasteiger partial charge >= 0.3 is 5.97 Å². The quantitative estimate of drug-likeness (QED) is 0.684. The summed E-state index contributed by atoms with van der Waals surface area (Å²) in [7, 11) is 0. The molecule has 0 amide bonds. The van der Waals surface area contributed by atoms with E-state index in [2.05, 4.69) is 15.9 Å². The average Bonchev–Trinajstić information content (AvgIpc) is 2.90. The third-order valence-electron chi connectivity index (χ3n) is 3.32. The number of carbonyl (C=O) groups excluding carboxylic acids is 1. The van der Waals surface area contributed by atoms with E-state index in [4.69, 9.17) is 15.2 Å². The molecule has 2 N–H and O–H groups in total. The van der Waals surface area contributed by atoms with E-state index in [0.717, 1.165) is 17.7 Å². The smallest absolute Gasteiger partial charge is 0.339 e. The maximum Gasteiger partial charge on any atom is 0.339 e. The standard InChI is InChI=1S/C16H14BrNO3/c17-14-6-5-11(18)8-13(14)16(19)20-9-12-7-10-3-1-2-4-15(10)21-12/h1-6,8,12H,7,9,18H2. The molecule has 0 spiro atoms. The molecular weight excluding hydrogens is 334 g/mol. The van der Waals surface area contributed by atoms with Crippen molar-refractivity contribution in [1.82, 2.24) is 0 Å². The first-order valence-corrected chi connectivity index (χ1v) is 7.39. The van der Waals surface area contributed by atoms with Gasteiger partial charge in [0.05, 0.1) is 5.56 Å². The molecule has 21 heavy (non-hydrogen) atoms. The zero-order valence-electron chi connectivity index (χ0n) is 11.2. The van der Waals surface area contributed by atoms with Gasteiger partial charge in [-0.05, 0) is 45.8 Å². The van der Waals surface area contributed by atoms with Crippen molar-refractivity contribution in [2.75, 3.05) is 12.3 Å². The highest BCUT2D eigenvalue weighted by atomic mass is 79.9. The summed E-state index contributed by atoms with van der Waals surface area (Å²) in [6.45, 7) is 0.217. The Morgan fingerprint density at radius 1 is 1.33 bits per heavy atom. The van der Waals surface area contributed by atoms with E-state index >= 15 is 0 Å². The summed E-state index contributed by atoms with van der Waals surface area (Å²) in [6, 6.07) is 12.9. The number of carbonyl (C=O) groups is 1.